The molecule has 1 aromatic rings. The average Bonchev–Trinajstić information content (AvgIpc) is 2.38. The van der Waals surface area contributed by atoms with E-state index in [1.165, 1.54) is 10.5 Å². The third kappa shape index (κ3) is 4.56. The minimum Gasteiger partial charge on any atom is -0.496 e. The molecule has 0 aromatic heterocycles. The van der Waals surface area contributed by atoms with Crippen molar-refractivity contribution in [3.63, 3.8) is 0 Å². The lowest BCUT2D eigenvalue weighted by Gasteiger charge is -2.31. The van der Waals surface area contributed by atoms with Gasteiger partial charge in [-0.3, -0.25) is 4.90 Å². The molecule has 0 radical (unpaired) electrons. The fourth-order valence-electron chi connectivity index (χ4n) is 2.39. The van der Waals surface area contributed by atoms with Gasteiger partial charge in [0.15, 0.2) is 0 Å². The van der Waals surface area contributed by atoms with Gasteiger partial charge in [-0.2, -0.15) is 0 Å². The number of rotatable bonds is 4. The maximum atomic E-state index is 5.44. The number of nitrogens with zero attached hydrogens (tertiary/aromatic N) is 1. The van der Waals surface area contributed by atoms with Crippen LogP contribution < -0.4 is 10.1 Å². The molecule has 2 rings (SSSR count). The van der Waals surface area contributed by atoms with Gasteiger partial charge in [-0.1, -0.05) is 6.07 Å². The second-order valence-electron chi connectivity index (χ2n) is 4.78. The summed E-state index contributed by atoms with van der Waals surface area (Å²) >= 11 is 1.73. The molecule has 1 saturated heterocycles. The van der Waals surface area contributed by atoms with Crippen molar-refractivity contribution in [2.45, 2.75) is 24.4 Å². The Kier molecular flexibility index (Phi) is 7.00. The second kappa shape index (κ2) is 8.00. The van der Waals surface area contributed by atoms with Crippen LogP contribution in [0.5, 0.6) is 5.75 Å². The van der Waals surface area contributed by atoms with Gasteiger partial charge >= 0.3 is 0 Å². The molecule has 0 spiro atoms. The van der Waals surface area contributed by atoms with Crippen molar-refractivity contribution < 1.29 is 4.74 Å². The van der Waals surface area contributed by atoms with E-state index in [1.54, 1.807) is 18.9 Å². The number of hydrogen-bond donors (Lipinski definition) is 1. The summed E-state index contributed by atoms with van der Waals surface area (Å²) in [6.07, 6.45) is 2.08. The average molecular weight is 303 g/mol. The molecular formula is C14H23ClN2OS. The fourth-order valence-corrected chi connectivity index (χ4v) is 2.94. The van der Waals surface area contributed by atoms with Crippen molar-refractivity contribution in [3.8, 4) is 5.75 Å². The molecule has 1 aliphatic rings. The number of methoxy groups -OCH3 is 1. The van der Waals surface area contributed by atoms with Gasteiger partial charge in [0, 0.05) is 37.1 Å². The van der Waals surface area contributed by atoms with Crippen LogP contribution in [0.1, 0.15) is 12.5 Å². The second-order valence-corrected chi connectivity index (χ2v) is 5.63. The molecule has 19 heavy (non-hydrogen) atoms. The number of halogens is 1. The predicted molar refractivity (Wildman–Crippen MR) is 84.8 cm³/mol. The zero-order chi connectivity index (χ0) is 13.0. The van der Waals surface area contributed by atoms with Crippen LogP contribution in [0.25, 0.3) is 0 Å². The molecule has 0 aliphatic carbocycles. The van der Waals surface area contributed by atoms with Crippen molar-refractivity contribution in [3.05, 3.63) is 23.8 Å². The van der Waals surface area contributed by atoms with Crippen LogP contribution in [0.15, 0.2) is 23.1 Å². The van der Waals surface area contributed by atoms with Gasteiger partial charge in [-0.05, 0) is 30.9 Å². The van der Waals surface area contributed by atoms with E-state index in [4.69, 9.17) is 4.74 Å². The molecule has 1 aromatic carbocycles. The first-order valence-electron chi connectivity index (χ1n) is 6.39. The van der Waals surface area contributed by atoms with Gasteiger partial charge in [0.05, 0.1) is 7.11 Å². The Bertz CT molecular complexity index is 403. The molecular weight excluding hydrogens is 280 g/mol. The maximum absolute atomic E-state index is 5.44. The summed E-state index contributed by atoms with van der Waals surface area (Å²) in [6, 6.07) is 7.12. The molecule has 108 valence electrons. The van der Waals surface area contributed by atoms with Crippen molar-refractivity contribution in [2.24, 2.45) is 0 Å². The summed E-state index contributed by atoms with van der Waals surface area (Å²) in [5.74, 6) is 0.989. The molecule has 1 heterocycles. The first kappa shape index (κ1) is 16.6. The van der Waals surface area contributed by atoms with Crippen LogP contribution in [0, 0.1) is 0 Å². The van der Waals surface area contributed by atoms with E-state index in [-0.39, 0.29) is 12.4 Å². The van der Waals surface area contributed by atoms with E-state index in [2.05, 4.69) is 41.6 Å². The molecule has 3 nitrogen and oxygen atoms in total. The lowest BCUT2D eigenvalue weighted by atomic mass is 10.1. The Labute approximate surface area is 126 Å². The van der Waals surface area contributed by atoms with Crippen LogP contribution >= 0.6 is 24.2 Å². The van der Waals surface area contributed by atoms with Crippen LogP contribution in [-0.4, -0.2) is 43.9 Å². The number of thioether (sulfide) groups is 1. The summed E-state index contributed by atoms with van der Waals surface area (Å²) in [7, 11) is 1.74. The molecule has 1 N–H and O–H groups in total. The standard InChI is InChI=1S/C14H22N2OS.ClH/c1-11-9-16(7-6-15-11)10-12-4-5-14(18-3)13(8-12)17-2;/h4-5,8,11,15H,6-7,9-10H2,1-3H3;1H. The number of piperazine rings is 1. The highest BCUT2D eigenvalue weighted by atomic mass is 35.5. The van der Waals surface area contributed by atoms with E-state index in [1.807, 2.05) is 0 Å². The van der Waals surface area contributed by atoms with Crippen LogP contribution in [0.3, 0.4) is 0 Å². The molecule has 0 saturated carbocycles. The number of nitrogens with one attached hydrogen (secondary N) is 1. The normalized spacial score (nSPS) is 19.8. The lowest BCUT2D eigenvalue weighted by molar-refractivity contribution is 0.199. The molecule has 1 unspecified atom stereocenters. The molecule has 1 fully saturated rings. The van der Waals surface area contributed by atoms with Crippen molar-refractivity contribution in [1.82, 2.24) is 10.2 Å². The SMILES string of the molecule is COc1cc(CN2CCNC(C)C2)ccc1SC.Cl. The lowest BCUT2D eigenvalue weighted by Crippen LogP contribution is -2.48. The Balaban J connectivity index is 0.00000180. The van der Waals surface area contributed by atoms with E-state index in [0.29, 0.717) is 6.04 Å². The number of ether oxygens (including phenoxy) is 1. The van der Waals surface area contributed by atoms with Gasteiger partial charge in [-0.25, -0.2) is 0 Å². The smallest absolute Gasteiger partial charge is 0.132 e. The Morgan fingerprint density at radius 1 is 1.47 bits per heavy atom. The molecule has 1 aliphatic heterocycles. The molecule has 0 bridgehead atoms. The third-order valence-electron chi connectivity index (χ3n) is 3.31. The highest BCUT2D eigenvalue weighted by Gasteiger charge is 2.16. The van der Waals surface area contributed by atoms with Crippen molar-refractivity contribution >= 4 is 24.2 Å². The van der Waals surface area contributed by atoms with E-state index >= 15 is 0 Å². The summed E-state index contributed by atoms with van der Waals surface area (Å²) in [5.41, 5.74) is 1.33. The molecule has 1 atom stereocenters. The quantitative estimate of drug-likeness (QED) is 0.864. The summed E-state index contributed by atoms with van der Waals surface area (Å²) in [5, 5.41) is 3.47. The molecule has 5 heteroatoms. The van der Waals surface area contributed by atoms with Crippen LogP contribution in [0.4, 0.5) is 0 Å². The van der Waals surface area contributed by atoms with Gasteiger partial charge in [-0.15, -0.1) is 24.2 Å². The van der Waals surface area contributed by atoms with Gasteiger partial charge < -0.3 is 10.1 Å². The van der Waals surface area contributed by atoms with Gasteiger partial charge in [0.2, 0.25) is 0 Å². The topological polar surface area (TPSA) is 24.5 Å². The maximum Gasteiger partial charge on any atom is 0.132 e. The number of hydrogen-bond acceptors (Lipinski definition) is 4. The highest BCUT2D eigenvalue weighted by Crippen LogP contribution is 2.28. The predicted octanol–water partition coefficient (Wildman–Crippen LogP) is 2.63. The van der Waals surface area contributed by atoms with Crippen LogP contribution in [0.2, 0.25) is 0 Å². The first-order valence-corrected chi connectivity index (χ1v) is 7.62. The van der Waals surface area contributed by atoms with Gasteiger partial charge in [0.1, 0.15) is 5.75 Å². The Morgan fingerprint density at radius 3 is 2.89 bits per heavy atom. The minimum absolute atomic E-state index is 0. The van der Waals surface area contributed by atoms with E-state index in [9.17, 15) is 0 Å². The Hall–Kier alpha value is -0.420. The van der Waals surface area contributed by atoms with Crippen molar-refractivity contribution in [2.75, 3.05) is 33.0 Å². The highest BCUT2D eigenvalue weighted by molar-refractivity contribution is 7.98. The third-order valence-corrected chi connectivity index (χ3v) is 4.08. The summed E-state index contributed by atoms with van der Waals surface area (Å²) in [4.78, 5) is 3.70. The molecule has 0 amide bonds. The van der Waals surface area contributed by atoms with Crippen molar-refractivity contribution in [1.29, 1.82) is 0 Å². The number of benzene rings is 1. The fraction of sp³-hybridized carbons (Fsp3) is 0.571. The van der Waals surface area contributed by atoms with E-state index in [0.717, 1.165) is 31.9 Å². The van der Waals surface area contributed by atoms with Gasteiger partial charge in [0.25, 0.3) is 0 Å². The Morgan fingerprint density at radius 2 is 2.26 bits per heavy atom. The minimum atomic E-state index is 0. The summed E-state index contributed by atoms with van der Waals surface area (Å²) < 4.78 is 5.44. The zero-order valence-electron chi connectivity index (χ0n) is 11.8. The first-order chi connectivity index (χ1) is 8.72. The largest absolute Gasteiger partial charge is 0.496 e. The zero-order valence-corrected chi connectivity index (χ0v) is 13.4. The monoisotopic (exact) mass is 302 g/mol. The van der Waals surface area contributed by atoms with E-state index < -0.39 is 0 Å². The van der Waals surface area contributed by atoms with Crippen LogP contribution in [-0.2, 0) is 6.54 Å². The summed E-state index contributed by atoms with van der Waals surface area (Å²) in [6.45, 7) is 6.57.